The molecule has 3 rings (SSSR count). The maximum atomic E-state index is 12.4. The van der Waals surface area contributed by atoms with Crippen LogP contribution in [0.5, 0.6) is 5.75 Å². The van der Waals surface area contributed by atoms with E-state index in [1.807, 2.05) is 12.1 Å². The molecule has 1 aromatic rings. The van der Waals surface area contributed by atoms with E-state index in [0.29, 0.717) is 43.2 Å². The van der Waals surface area contributed by atoms with E-state index in [-0.39, 0.29) is 11.9 Å². The van der Waals surface area contributed by atoms with Crippen LogP contribution < -0.4 is 10.1 Å². The molecule has 6 nitrogen and oxygen atoms in total. The normalized spacial score (nSPS) is 24.9. The summed E-state index contributed by atoms with van der Waals surface area (Å²) in [7, 11) is 1.56. The predicted octanol–water partition coefficient (Wildman–Crippen LogP) is 2.79. The lowest BCUT2D eigenvalue weighted by Gasteiger charge is -2.23. The third-order valence-corrected chi connectivity index (χ3v) is 5.80. The molecular formula is C18H23ClN2O4. The second-order valence-corrected chi connectivity index (χ2v) is 7.29. The molecule has 1 saturated heterocycles. The molecule has 2 atom stereocenters. The van der Waals surface area contributed by atoms with Crippen molar-refractivity contribution in [3.8, 4) is 5.75 Å². The highest BCUT2D eigenvalue weighted by molar-refractivity contribution is 6.32. The third kappa shape index (κ3) is 3.40. The summed E-state index contributed by atoms with van der Waals surface area (Å²) in [5, 5.41) is 13.0. The SMILES string of the molecule is COc1cc(CCNC(=O)N2C[C@@H]3CCC[C@@]3(C(=O)O)C2)ccc1Cl. The number of carbonyl (C=O) groups is 2. The van der Waals surface area contributed by atoms with Gasteiger partial charge in [0.1, 0.15) is 5.75 Å². The van der Waals surface area contributed by atoms with E-state index in [9.17, 15) is 14.7 Å². The molecule has 2 aliphatic rings. The molecule has 0 bridgehead atoms. The molecule has 1 heterocycles. The Balaban J connectivity index is 1.53. The highest BCUT2D eigenvalue weighted by atomic mass is 35.5. The first-order valence-corrected chi connectivity index (χ1v) is 8.92. The molecule has 2 amide bonds. The minimum atomic E-state index is -0.765. The summed E-state index contributed by atoms with van der Waals surface area (Å²) in [4.78, 5) is 25.7. The first-order valence-electron chi connectivity index (χ1n) is 8.55. The number of ether oxygens (including phenoxy) is 1. The van der Waals surface area contributed by atoms with E-state index in [2.05, 4.69) is 5.32 Å². The predicted molar refractivity (Wildman–Crippen MR) is 94.1 cm³/mol. The average Bonchev–Trinajstić information content (AvgIpc) is 3.14. The van der Waals surface area contributed by atoms with Crippen molar-refractivity contribution in [2.24, 2.45) is 11.3 Å². The fourth-order valence-corrected chi connectivity index (χ4v) is 4.27. The van der Waals surface area contributed by atoms with Gasteiger partial charge in [-0.25, -0.2) is 4.79 Å². The first kappa shape index (κ1) is 17.9. The minimum Gasteiger partial charge on any atom is -0.495 e. The summed E-state index contributed by atoms with van der Waals surface area (Å²) in [6.07, 6.45) is 3.15. The van der Waals surface area contributed by atoms with Crippen LogP contribution in [0.4, 0.5) is 4.79 Å². The number of aliphatic carboxylic acids is 1. The molecule has 0 unspecified atom stereocenters. The fraction of sp³-hybridized carbons (Fsp3) is 0.556. The van der Waals surface area contributed by atoms with Gasteiger partial charge in [0.05, 0.1) is 17.5 Å². The smallest absolute Gasteiger partial charge is 0.317 e. The summed E-state index contributed by atoms with van der Waals surface area (Å²) in [6, 6.07) is 5.34. The van der Waals surface area contributed by atoms with Gasteiger partial charge in [0.2, 0.25) is 0 Å². The Labute approximate surface area is 152 Å². The zero-order chi connectivity index (χ0) is 18.0. The number of rotatable bonds is 5. The number of carboxylic acid groups (broad SMARTS) is 1. The van der Waals surface area contributed by atoms with Crippen LogP contribution >= 0.6 is 11.6 Å². The Kier molecular flexibility index (Phi) is 5.08. The molecule has 0 radical (unpaired) electrons. The van der Waals surface area contributed by atoms with Crippen LogP contribution in [0.2, 0.25) is 5.02 Å². The minimum absolute atomic E-state index is 0.0799. The van der Waals surface area contributed by atoms with Crippen molar-refractivity contribution in [3.05, 3.63) is 28.8 Å². The maximum Gasteiger partial charge on any atom is 0.317 e. The van der Waals surface area contributed by atoms with Crippen LogP contribution in [0, 0.1) is 11.3 Å². The van der Waals surface area contributed by atoms with E-state index >= 15 is 0 Å². The summed E-state index contributed by atoms with van der Waals surface area (Å²) in [5.41, 5.74) is 0.280. The number of benzene rings is 1. The van der Waals surface area contributed by atoms with Crippen molar-refractivity contribution in [1.82, 2.24) is 10.2 Å². The topological polar surface area (TPSA) is 78.9 Å². The lowest BCUT2D eigenvalue weighted by molar-refractivity contribution is -0.149. The van der Waals surface area contributed by atoms with Crippen LogP contribution in [-0.4, -0.2) is 48.8 Å². The number of carboxylic acids is 1. The molecule has 1 aliphatic carbocycles. The second-order valence-electron chi connectivity index (χ2n) is 6.88. The van der Waals surface area contributed by atoms with Crippen LogP contribution in [0.15, 0.2) is 18.2 Å². The monoisotopic (exact) mass is 366 g/mol. The van der Waals surface area contributed by atoms with Crippen LogP contribution in [0.1, 0.15) is 24.8 Å². The van der Waals surface area contributed by atoms with Crippen LogP contribution in [0.25, 0.3) is 0 Å². The van der Waals surface area contributed by atoms with Gasteiger partial charge in [0.25, 0.3) is 0 Å². The lowest BCUT2D eigenvalue weighted by atomic mass is 9.81. The van der Waals surface area contributed by atoms with Gasteiger partial charge in [-0.3, -0.25) is 4.79 Å². The van der Waals surface area contributed by atoms with Gasteiger partial charge < -0.3 is 20.1 Å². The molecule has 136 valence electrons. The lowest BCUT2D eigenvalue weighted by Crippen LogP contribution is -2.42. The van der Waals surface area contributed by atoms with Crippen molar-refractivity contribution >= 4 is 23.6 Å². The van der Waals surface area contributed by atoms with E-state index in [1.54, 1.807) is 18.1 Å². The van der Waals surface area contributed by atoms with Crippen molar-refractivity contribution in [1.29, 1.82) is 0 Å². The van der Waals surface area contributed by atoms with Gasteiger partial charge >= 0.3 is 12.0 Å². The van der Waals surface area contributed by atoms with Gasteiger partial charge in [-0.2, -0.15) is 0 Å². The first-order chi connectivity index (χ1) is 12.0. The van der Waals surface area contributed by atoms with Crippen molar-refractivity contribution in [2.75, 3.05) is 26.7 Å². The van der Waals surface area contributed by atoms with E-state index in [0.717, 1.165) is 18.4 Å². The highest BCUT2D eigenvalue weighted by Crippen LogP contribution is 2.48. The Hall–Kier alpha value is -1.95. The Bertz CT molecular complexity index is 681. The molecule has 0 spiro atoms. The number of methoxy groups -OCH3 is 1. The standard InChI is InChI=1S/C18H23ClN2O4/c1-25-15-9-12(4-5-14(15)19)6-8-20-17(24)21-10-13-3-2-7-18(13,11-21)16(22)23/h4-5,9,13H,2-3,6-8,10-11H2,1H3,(H,20,24)(H,22,23)/t13-,18+/m0/s1. The number of nitrogens with one attached hydrogen (secondary N) is 1. The molecule has 25 heavy (non-hydrogen) atoms. The second kappa shape index (κ2) is 7.12. The number of nitrogens with zero attached hydrogens (tertiary/aromatic N) is 1. The highest BCUT2D eigenvalue weighted by Gasteiger charge is 2.55. The van der Waals surface area contributed by atoms with Crippen LogP contribution in [0.3, 0.4) is 0 Å². The maximum absolute atomic E-state index is 12.4. The van der Waals surface area contributed by atoms with E-state index in [1.165, 1.54) is 0 Å². The number of amides is 2. The molecule has 1 aliphatic heterocycles. The molecular weight excluding hydrogens is 344 g/mol. The zero-order valence-corrected chi connectivity index (χ0v) is 15.0. The number of hydrogen-bond donors (Lipinski definition) is 2. The summed E-state index contributed by atoms with van der Waals surface area (Å²) >= 11 is 6.00. The van der Waals surface area contributed by atoms with Crippen molar-refractivity contribution in [2.45, 2.75) is 25.7 Å². The number of carbonyl (C=O) groups excluding carboxylic acids is 1. The molecule has 1 aromatic carbocycles. The average molecular weight is 367 g/mol. The number of fused-ring (bicyclic) bond motifs is 1. The number of likely N-dealkylation sites (tertiary alicyclic amines) is 1. The molecule has 0 aromatic heterocycles. The fourth-order valence-electron chi connectivity index (χ4n) is 4.08. The Morgan fingerprint density at radius 3 is 2.96 bits per heavy atom. The number of urea groups is 1. The Morgan fingerprint density at radius 1 is 1.48 bits per heavy atom. The molecule has 7 heteroatoms. The number of halogens is 1. The molecule has 2 N–H and O–H groups in total. The zero-order valence-electron chi connectivity index (χ0n) is 14.3. The van der Waals surface area contributed by atoms with Gasteiger partial charge in [-0.1, -0.05) is 24.1 Å². The largest absolute Gasteiger partial charge is 0.495 e. The quantitative estimate of drug-likeness (QED) is 0.839. The van der Waals surface area contributed by atoms with Crippen LogP contribution in [-0.2, 0) is 11.2 Å². The number of hydrogen-bond acceptors (Lipinski definition) is 3. The molecule has 2 fully saturated rings. The van der Waals surface area contributed by atoms with Crippen molar-refractivity contribution in [3.63, 3.8) is 0 Å². The Morgan fingerprint density at radius 2 is 2.28 bits per heavy atom. The van der Waals surface area contributed by atoms with Gasteiger partial charge in [0.15, 0.2) is 0 Å². The summed E-state index contributed by atoms with van der Waals surface area (Å²) in [5.74, 6) is -0.0731. The van der Waals surface area contributed by atoms with Gasteiger partial charge in [0, 0.05) is 19.6 Å². The van der Waals surface area contributed by atoms with Gasteiger partial charge in [-0.15, -0.1) is 0 Å². The van der Waals surface area contributed by atoms with E-state index in [4.69, 9.17) is 16.3 Å². The third-order valence-electron chi connectivity index (χ3n) is 5.49. The van der Waals surface area contributed by atoms with Crippen molar-refractivity contribution < 1.29 is 19.4 Å². The van der Waals surface area contributed by atoms with E-state index < -0.39 is 11.4 Å². The summed E-state index contributed by atoms with van der Waals surface area (Å²) in [6.45, 7) is 1.32. The molecule has 1 saturated carbocycles. The van der Waals surface area contributed by atoms with Gasteiger partial charge in [-0.05, 0) is 42.9 Å². The summed E-state index contributed by atoms with van der Waals surface area (Å²) < 4.78 is 5.19.